The van der Waals surface area contributed by atoms with Crippen molar-refractivity contribution in [1.29, 1.82) is 0 Å². The lowest BCUT2D eigenvalue weighted by Gasteiger charge is -2.12. The summed E-state index contributed by atoms with van der Waals surface area (Å²) in [7, 11) is 0. The zero-order chi connectivity index (χ0) is 10.3. The van der Waals surface area contributed by atoms with Crippen LogP contribution in [0.4, 0.5) is 0 Å². The minimum atomic E-state index is 1.25. The van der Waals surface area contributed by atoms with Crippen LogP contribution >= 0.6 is 0 Å². The van der Waals surface area contributed by atoms with Gasteiger partial charge in [-0.2, -0.15) is 0 Å². The molecule has 0 N–H and O–H groups in total. The van der Waals surface area contributed by atoms with Gasteiger partial charge in [-0.1, -0.05) is 0 Å². The molecule has 0 saturated carbocycles. The van der Waals surface area contributed by atoms with Crippen LogP contribution < -0.4 is 0 Å². The minimum Gasteiger partial charge on any atom is -0.254 e. The van der Waals surface area contributed by atoms with Crippen molar-refractivity contribution in [2.75, 3.05) is 0 Å². The summed E-state index contributed by atoms with van der Waals surface area (Å²) in [5.74, 6) is 0. The SMILES string of the molecule is Cc1c(C)c(C)c2cn[c]cc2c1C. The van der Waals surface area contributed by atoms with Crippen LogP contribution in [0.5, 0.6) is 0 Å². The molecule has 71 valence electrons. The van der Waals surface area contributed by atoms with E-state index in [0.29, 0.717) is 0 Å². The van der Waals surface area contributed by atoms with E-state index in [9.17, 15) is 0 Å². The van der Waals surface area contributed by atoms with Gasteiger partial charge in [0.1, 0.15) is 0 Å². The van der Waals surface area contributed by atoms with Gasteiger partial charge < -0.3 is 0 Å². The van der Waals surface area contributed by atoms with Crippen LogP contribution in [0, 0.1) is 33.9 Å². The third-order valence-electron chi connectivity index (χ3n) is 3.26. The fraction of sp³-hybridized carbons (Fsp3) is 0.308. The molecular formula is C13H14N. The van der Waals surface area contributed by atoms with Crippen LogP contribution in [-0.2, 0) is 0 Å². The van der Waals surface area contributed by atoms with Crippen molar-refractivity contribution in [2.45, 2.75) is 27.7 Å². The van der Waals surface area contributed by atoms with Crippen molar-refractivity contribution in [3.63, 3.8) is 0 Å². The zero-order valence-corrected chi connectivity index (χ0v) is 9.10. The number of pyridine rings is 1. The Bertz CT molecular complexity index is 452. The molecule has 1 aromatic heterocycles. The van der Waals surface area contributed by atoms with Crippen molar-refractivity contribution in [3.8, 4) is 0 Å². The molecule has 0 aliphatic heterocycles. The first-order valence-electron chi connectivity index (χ1n) is 4.85. The van der Waals surface area contributed by atoms with Crippen LogP contribution in [0.2, 0.25) is 0 Å². The monoisotopic (exact) mass is 184 g/mol. The van der Waals surface area contributed by atoms with Gasteiger partial charge in [-0.05, 0) is 61.4 Å². The maximum Gasteiger partial charge on any atom is 0.0892 e. The molecule has 1 aromatic carbocycles. The van der Waals surface area contributed by atoms with Crippen LogP contribution in [0.25, 0.3) is 10.8 Å². The predicted molar refractivity (Wildman–Crippen MR) is 59.5 cm³/mol. The highest BCUT2D eigenvalue weighted by atomic mass is 14.6. The molecule has 1 heteroatoms. The molecule has 0 aliphatic rings. The number of nitrogens with zero attached hydrogens (tertiary/aromatic N) is 1. The third-order valence-corrected chi connectivity index (χ3v) is 3.26. The summed E-state index contributed by atoms with van der Waals surface area (Å²) in [5.41, 5.74) is 5.45. The van der Waals surface area contributed by atoms with E-state index in [-0.39, 0.29) is 0 Å². The Kier molecular flexibility index (Phi) is 2.03. The number of hydrogen-bond donors (Lipinski definition) is 0. The lowest BCUT2D eigenvalue weighted by atomic mass is 9.93. The summed E-state index contributed by atoms with van der Waals surface area (Å²) in [5, 5.41) is 2.53. The highest BCUT2D eigenvalue weighted by Gasteiger charge is 2.07. The number of aromatic nitrogens is 1. The standard InChI is InChI=1S/C13H14N/c1-8-9(2)11(4)13-7-14-6-5-12(13)10(8)3/h5,7H,1-4H3. The van der Waals surface area contributed by atoms with Gasteiger partial charge in [0.15, 0.2) is 0 Å². The Morgan fingerprint density at radius 1 is 0.857 bits per heavy atom. The summed E-state index contributed by atoms with van der Waals surface area (Å²) in [4.78, 5) is 4.06. The van der Waals surface area contributed by atoms with Gasteiger partial charge in [-0.25, -0.2) is 0 Å². The second-order valence-corrected chi connectivity index (χ2v) is 3.86. The molecule has 0 amide bonds. The molecule has 1 heterocycles. The van der Waals surface area contributed by atoms with Crippen molar-refractivity contribution in [3.05, 3.63) is 40.7 Å². The fourth-order valence-electron chi connectivity index (χ4n) is 1.93. The molecule has 0 saturated heterocycles. The number of aryl methyl sites for hydroxylation is 2. The van der Waals surface area contributed by atoms with E-state index in [1.165, 1.54) is 33.0 Å². The first kappa shape index (κ1) is 9.20. The van der Waals surface area contributed by atoms with Crippen molar-refractivity contribution in [1.82, 2.24) is 4.98 Å². The quantitative estimate of drug-likeness (QED) is 0.612. The second-order valence-electron chi connectivity index (χ2n) is 3.86. The number of fused-ring (bicyclic) bond motifs is 1. The summed E-state index contributed by atoms with van der Waals surface area (Å²) >= 11 is 0. The topological polar surface area (TPSA) is 12.9 Å². The number of benzene rings is 1. The van der Waals surface area contributed by atoms with E-state index in [2.05, 4.69) is 38.9 Å². The average molecular weight is 184 g/mol. The summed E-state index contributed by atoms with van der Waals surface area (Å²) in [6, 6.07) is 1.98. The Balaban J connectivity index is 3.02. The van der Waals surface area contributed by atoms with Gasteiger partial charge in [0.2, 0.25) is 0 Å². The molecule has 1 radical (unpaired) electrons. The van der Waals surface area contributed by atoms with Gasteiger partial charge in [-0.15, -0.1) is 0 Å². The Hall–Kier alpha value is -1.37. The second kappa shape index (κ2) is 3.09. The van der Waals surface area contributed by atoms with E-state index in [1.54, 1.807) is 0 Å². The average Bonchev–Trinajstić information content (AvgIpc) is 2.23. The fourth-order valence-corrected chi connectivity index (χ4v) is 1.93. The van der Waals surface area contributed by atoms with Gasteiger partial charge in [0.05, 0.1) is 6.20 Å². The minimum absolute atomic E-state index is 1.25. The van der Waals surface area contributed by atoms with E-state index in [4.69, 9.17) is 0 Å². The molecule has 2 aromatic rings. The van der Waals surface area contributed by atoms with E-state index in [0.717, 1.165) is 0 Å². The summed E-state index contributed by atoms with van der Waals surface area (Å²) in [6.07, 6.45) is 4.81. The Morgan fingerprint density at radius 2 is 1.43 bits per heavy atom. The molecule has 1 nitrogen and oxygen atoms in total. The van der Waals surface area contributed by atoms with Crippen LogP contribution in [0.15, 0.2) is 12.3 Å². The molecule has 0 atom stereocenters. The number of rotatable bonds is 0. The molecule has 0 spiro atoms. The molecule has 2 rings (SSSR count). The maximum atomic E-state index is 4.06. The van der Waals surface area contributed by atoms with Crippen LogP contribution in [0.3, 0.4) is 0 Å². The van der Waals surface area contributed by atoms with Gasteiger partial charge in [0.25, 0.3) is 0 Å². The molecular weight excluding hydrogens is 170 g/mol. The molecule has 0 bridgehead atoms. The van der Waals surface area contributed by atoms with Crippen molar-refractivity contribution < 1.29 is 0 Å². The summed E-state index contributed by atoms with van der Waals surface area (Å²) < 4.78 is 0. The first-order chi connectivity index (χ1) is 6.63. The highest BCUT2D eigenvalue weighted by molar-refractivity contribution is 5.89. The smallest absolute Gasteiger partial charge is 0.0892 e. The maximum absolute atomic E-state index is 4.06. The van der Waals surface area contributed by atoms with E-state index < -0.39 is 0 Å². The lowest BCUT2D eigenvalue weighted by molar-refractivity contribution is 1.23. The van der Waals surface area contributed by atoms with Crippen LogP contribution in [0.1, 0.15) is 22.3 Å². The normalized spacial score (nSPS) is 10.9. The molecule has 0 fully saturated rings. The molecule has 0 aliphatic carbocycles. The van der Waals surface area contributed by atoms with Gasteiger partial charge in [0, 0.05) is 11.6 Å². The number of hydrogen-bond acceptors (Lipinski definition) is 1. The summed E-state index contributed by atoms with van der Waals surface area (Å²) in [6.45, 7) is 8.68. The highest BCUT2D eigenvalue weighted by Crippen LogP contribution is 2.27. The zero-order valence-electron chi connectivity index (χ0n) is 9.10. The lowest BCUT2D eigenvalue weighted by Crippen LogP contribution is -1.94. The van der Waals surface area contributed by atoms with Crippen molar-refractivity contribution >= 4 is 10.8 Å². The van der Waals surface area contributed by atoms with Gasteiger partial charge in [-0.3, -0.25) is 4.98 Å². The Labute approximate surface area is 84.8 Å². The predicted octanol–water partition coefficient (Wildman–Crippen LogP) is 3.27. The van der Waals surface area contributed by atoms with E-state index in [1.807, 2.05) is 12.3 Å². The van der Waals surface area contributed by atoms with Crippen molar-refractivity contribution in [2.24, 2.45) is 0 Å². The van der Waals surface area contributed by atoms with Crippen LogP contribution in [-0.4, -0.2) is 4.98 Å². The van der Waals surface area contributed by atoms with Gasteiger partial charge >= 0.3 is 0 Å². The Morgan fingerprint density at radius 3 is 2.07 bits per heavy atom. The van der Waals surface area contributed by atoms with E-state index >= 15 is 0 Å². The largest absolute Gasteiger partial charge is 0.254 e. The third kappa shape index (κ3) is 1.12. The molecule has 0 unspecified atom stereocenters. The first-order valence-corrected chi connectivity index (χ1v) is 4.85. The molecule has 14 heavy (non-hydrogen) atoms.